The number of rotatable bonds is 6. The number of ether oxygens (including phenoxy) is 1. The van der Waals surface area contributed by atoms with Crippen molar-refractivity contribution in [2.45, 2.75) is 39.3 Å². The summed E-state index contributed by atoms with van der Waals surface area (Å²) in [6, 6.07) is 0. The van der Waals surface area contributed by atoms with E-state index in [0.717, 1.165) is 0 Å². The molecule has 0 saturated carbocycles. The van der Waals surface area contributed by atoms with Gasteiger partial charge in [-0.2, -0.15) is 0 Å². The van der Waals surface area contributed by atoms with Crippen LogP contribution in [0.5, 0.6) is 0 Å². The normalized spacial score (nSPS) is 17.9. The lowest BCUT2D eigenvalue weighted by atomic mass is 9.95. The van der Waals surface area contributed by atoms with E-state index in [-0.39, 0.29) is 6.10 Å². The summed E-state index contributed by atoms with van der Waals surface area (Å²) in [5.74, 6) is -0.467. The van der Waals surface area contributed by atoms with Gasteiger partial charge in [-0.05, 0) is 26.3 Å². The molecule has 0 spiro atoms. The van der Waals surface area contributed by atoms with E-state index in [2.05, 4.69) is 5.32 Å². The first-order valence-corrected chi connectivity index (χ1v) is 4.85. The van der Waals surface area contributed by atoms with Crippen molar-refractivity contribution in [3.05, 3.63) is 0 Å². The highest BCUT2D eigenvalue weighted by Gasteiger charge is 2.38. The van der Waals surface area contributed by atoms with Gasteiger partial charge in [0.1, 0.15) is 5.54 Å². The highest BCUT2D eigenvalue weighted by atomic mass is 16.5. The van der Waals surface area contributed by atoms with Crippen LogP contribution in [0.1, 0.15) is 27.7 Å². The molecule has 0 saturated heterocycles. The van der Waals surface area contributed by atoms with Gasteiger partial charge >= 0.3 is 5.97 Å². The van der Waals surface area contributed by atoms with Gasteiger partial charge in [-0.1, -0.05) is 13.8 Å². The third-order valence-electron chi connectivity index (χ3n) is 2.49. The third kappa shape index (κ3) is 3.27. The van der Waals surface area contributed by atoms with Crippen molar-refractivity contribution >= 4 is 5.97 Å². The van der Waals surface area contributed by atoms with Gasteiger partial charge in [0, 0.05) is 7.11 Å². The largest absolute Gasteiger partial charge is 0.480 e. The van der Waals surface area contributed by atoms with Crippen molar-refractivity contribution in [1.29, 1.82) is 0 Å². The SMILES string of the molecule is COC(C)C(C)(NCC(C)C)C(=O)O. The number of hydrogen-bond acceptors (Lipinski definition) is 3. The van der Waals surface area contributed by atoms with Gasteiger partial charge in [0.15, 0.2) is 0 Å². The molecule has 0 aliphatic rings. The highest BCUT2D eigenvalue weighted by molar-refractivity contribution is 5.79. The van der Waals surface area contributed by atoms with Gasteiger partial charge in [0.25, 0.3) is 0 Å². The van der Waals surface area contributed by atoms with Crippen LogP contribution in [-0.2, 0) is 9.53 Å². The number of methoxy groups -OCH3 is 1. The Balaban J connectivity index is 4.48. The first-order valence-electron chi connectivity index (χ1n) is 4.85. The molecule has 0 radical (unpaired) electrons. The Morgan fingerprint density at radius 1 is 1.50 bits per heavy atom. The van der Waals surface area contributed by atoms with Gasteiger partial charge in [0.2, 0.25) is 0 Å². The fourth-order valence-electron chi connectivity index (χ4n) is 1.05. The van der Waals surface area contributed by atoms with Crippen LogP contribution in [0.2, 0.25) is 0 Å². The number of carboxylic acid groups (broad SMARTS) is 1. The molecule has 0 aromatic rings. The zero-order valence-corrected chi connectivity index (χ0v) is 9.63. The molecule has 4 heteroatoms. The summed E-state index contributed by atoms with van der Waals surface area (Å²) in [5.41, 5.74) is -1.01. The molecule has 4 nitrogen and oxygen atoms in total. The molecular weight excluding hydrogens is 182 g/mol. The second-order valence-corrected chi connectivity index (χ2v) is 4.16. The molecule has 0 aliphatic carbocycles. The molecule has 2 unspecified atom stereocenters. The van der Waals surface area contributed by atoms with E-state index in [1.54, 1.807) is 13.8 Å². The molecule has 0 heterocycles. The van der Waals surface area contributed by atoms with Gasteiger partial charge in [0.05, 0.1) is 6.10 Å². The Kier molecular flexibility index (Phi) is 5.08. The van der Waals surface area contributed by atoms with E-state index in [4.69, 9.17) is 9.84 Å². The maximum Gasteiger partial charge on any atom is 0.326 e. The summed E-state index contributed by atoms with van der Waals surface area (Å²) < 4.78 is 5.07. The first-order chi connectivity index (χ1) is 6.34. The van der Waals surface area contributed by atoms with Crippen molar-refractivity contribution in [3.8, 4) is 0 Å². The fourth-order valence-corrected chi connectivity index (χ4v) is 1.05. The number of carbonyl (C=O) groups is 1. The number of aliphatic carboxylic acids is 1. The third-order valence-corrected chi connectivity index (χ3v) is 2.49. The molecule has 0 bridgehead atoms. The number of hydrogen-bond donors (Lipinski definition) is 2. The van der Waals surface area contributed by atoms with E-state index in [9.17, 15) is 4.79 Å². The first kappa shape index (κ1) is 13.4. The van der Waals surface area contributed by atoms with E-state index in [1.165, 1.54) is 7.11 Å². The van der Waals surface area contributed by atoms with E-state index in [1.807, 2.05) is 13.8 Å². The molecule has 84 valence electrons. The Morgan fingerprint density at radius 3 is 2.29 bits per heavy atom. The average Bonchev–Trinajstić information content (AvgIpc) is 2.12. The molecule has 0 aromatic carbocycles. The summed E-state index contributed by atoms with van der Waals surface area (Å²) in [4.78, 5) is 11.1. The van der Waals surface area contributed by atoms with E-state index < -0.39 is 11.5 Å². The topological polar surface area (TPSA) is 58.6 Å². The molecular formula is C10H21NO3. The molecule has 14 heavy (non-hydrogen) atoms. The van der Waals surface area contributed by atoms with Crippen molar-refractivity contribution < 1.29 is 14.6 Å². The lowest BCUT2D eigenvalue weighted by Crippen LogP contribution is -2.58. The van der Waals surface area contributed by atoms with Gasteiger partial charge in [-0.25, -0.2) is 0 Å². The second-order valence-electron chi connectivity index (χ2n) is 4.16. The van der Waals surface area contributed by atoms with Crippen LogP contribution in [0.25, 0.3) is 0 Å². The fraction of sp³-hybridized carbons (Fsp3) is 0.900. The summed E-state index contributed by atoms with van der Waals surface area (Å²) in [6.45, 7) is 8.13. The minimum absolute atomic E-state index is 0.362. The Labute approximate surface area is 85.6 Å². The quantitative estimate of drug-likeness (QED) is 0.679. The zero-order valence-electron chi connectivity index (χ0n) is 9.63. The smallest absolute Gasteiger partial charge is 0.326 e. The van der Waals surface area contributed by atoms with Crippen LogP contribution in [0.4, 0.5) is 0 Å². The molecule has 0 aliphatic heterocycles. The van der Waals surface area contributed by atoms with Gasteiger partial charge in [-0.15, -0.1) is 0 Å². The van der Waals surface area contributed by atoms with E-state index >= 15 is 0 Å². The average molecular weight is 203 g/mol. The number of carboxylic acids is 1. The van der Waals surface area contributed by atoms with Crippen LogP contribution in [0.15, 0.2) is 0 Å². The zero-order chi connectivity index (χ0) is 11.4. The van der Waals surface area contributed by atoms with Crippen LogP contribution < -0.4 is 5.32 Å². The number of nitrogens with one attached hydrogen (secondary N) is 1. The van der Waals surface area contributed by atoms with E-state index in [0.29, 0.717) is 12.5 Å². The second kappa shape index (κ2) is 5.32. The Bertz CT molecular complexity index is 194. The Morgan fingerprint density at radius 2 is 2.00 bits per heavy atom. The minimum atomic E-state index is -1.01. The predicted octanol–water partition coefficient (Wildman–Crippen LogP) is 1.11. The minimum Gasteiger partial charge on any atom is -0.480 e. The standard InChI is InChI=1S/C10H21NO3/c1-7(2)6-11-10(4,9(12)13)8(3)14-5/h7-8,11H,6H2,1-5H3,(H,12,13). The monoisotopic (exact) mass is 203 g/mol. The van der Waals surface area contributed by atoms with Gasteiger partial charge in [-0.3, -0.25) is 10.1 Å². The lowest BCUT2D eigenvalue weighted by molar-refractivity contribution is -0.149. The van der Waals surface area contributed by atoms with Crippen LogP contribution in [-0.4, -0.2) is 36.4 Å². The van der Waals surface area contributed by atoms with Crippen LogP contribution in [0, 0.1) is 5.92 Å². The maximum absolute atomic E-state index is 11.1. The maximum atomic E-state index is 11.1. The Hall–Kier alpha value is -0.610. The summed E-state index contributed by atoms with van der Waals surface area (Å²) in [7, 11) is 1.52. The summed E-state index contributed by atoms with van der Waals surface area (Å²) >= 11 is 0. The lowest BCUT2D eigenvalue weighted by Gasteiger charge is -2.32. The molecule has 2 N–H and O–H groups in total. The predicted molar refractivity (Wildman–Crippen MR) is 55.4 cm³/mol. The molecule has 0 aromatic heterocycles. The molecule has 0 amide bonds. The van der Waals surface area contributed by atoms with Crippen LogP contribution >= 0.6 is 0 Å². The summed E-state index contributed by atoms with van der Waals surface area (Å²) in [6.07, 6.45) is -0.362. The van der Waals surface area contributed by atoms with Crippen molar-refractivity contribution in [2.24, 2.45) is 5.92 Å². The van der Waals surface area contributed by atoms with Crippen molar-refractivity contribution in [3.63, 3.8) is 0 Å². The van der Waals surface area contributed by atoms with Crippen LogP contribution in [0.3, 0.4) is 0 Å². The molecule has 2 atom stereocenters. The van der Waals surface area contributed by atoms with Crippen molar-refractivity contribution in [1.82, 2.24) is 5.32 Å². The highest BCUT2D eigenvalue weighted by Crippen LogP contribution is 2.13. The molecule has 0 rings (SSSR count). The summed E-state index contributed by atoms with van der Waals surface area (Å²) in [5, 5.41) is 12.1. The van der Waals surface area contributed by atoms with Crippen molar-refractivity contribution in [2.75, 3.05) is 13.7 Å². The molecule has 0 fully saturated rings. The van der Waals surface area contributed by atoms with Gasteiger partial charge < -0.3 is 9.84 Å².